The lowest BCUT2D eigenvalue weighted by molar-refractivity contribution is 0.0606. The highest BCUT2D eigenvalue weighted by Gasteiger charge is 2.41. The molecule has 0 unspecified atom stereocenters. The van der Waals surface area contributed by atoms with Gasteiger partial charge in [-0.15, -0.1) is 0 Å². The fourth-order valence-electron chi connectivity index (χ4n) is 1.77. The maximum Gasteiger partial charge on any atom is 0.264 e. The van der Waals surface area contributed by atoms with Gasteiger partial charge in [0.05, 0.1) is 11.1 Å². The van der Waals surface area contributed by atoms with E-state index in [9.17, 15) is 18.4 Å². The second-order valence-corrected chi connectivity index (χ2v) is 3.85. The average molecular weight is 225 g/mol. The molecular weight excluding hydrogens is 216 g/mol. The number of amides is 2. The van der Waals surface area contributed by atoms with E-state index in [1.165, 1.54) is 0 Å². The van der Waals surface area contributed by atoms with Crippen LogP contribution >= 0.6 is 0 Å². The Morgan fingerprint density at radius 1 is 1.00 bits per heavy atom. The number of rotatable bonds is 1. The Morgan fingerprint density at radius 3 is 1.69 bits per heavy atom. The molecule has 1 heterocycles. The molecule has 2 amide bonds. The fraction of sp³-hybridized carbons (Fsp3) is 0.273. The fourth-order valence-corrected chi connectivity index (χ4v) is 1.77. The second kappa shape index (κ2) is 3.37. The number of fused-ring (bicyclic) bond motifs is 1. The van der Waals surface area contributed by atoms with Crippen LogP contribution in [0.15, 0.2) is 12.1 Å². The molecule has 1 aliphatic heterocycles. The van der Waals surface area contributed by atoms with E-state index in [0.29, 0.717) is 0 Å². The van der Waals surface area contributed by atoms with Gasteiger partial charge in [0.1, 0.15) is 11.6 Å². The molecule has 2 rings (SSSR count). The zero-order valence-electron chi connectivity index (χ0n) is 8.75. The van der Waals surface area contributed by atoms with Crippen molar-refractivity contribution < 1.29 is 18.4 Å². The van der Waals surface area contributed by atoms with Crippen molar-refractivity contribution >= 4 is 11.8 Å². The molecule has 0 aliphatic carbocycles. The molecule has 84 valence electrons. The van der Waals surface area contributed by atoms with Crippen LogP contribution in [0.1, 0.15) is 34.6 Å². The number of hydrogen-bond donors (Lipinski definition) is 0. The summed E-state index contributed by atoms with van der Waals surface area (Å²) in [5.41, 5.74) is -0.919. The molecule has 1 aromatic carbocycles. The molecule has 0 N–H and O–H groups in total. The van der Waals surface area contributed by atoms with Crippen molar-refractivity contribution in [3.05, 3.63) is 34.9 Å². The van der Waals surface area contributed by atoms with E-state index >= 15 is 0 Å². The molecule has 1 aliphatic rings. The predicted molar refractivity (Wildman–Crippen MR) is 52.0 cm³/mol. The van der Waals surface area contributed by atoms with E-state index in [4.69, 9.17) is 0 Å². The van der Waals surface area contributed by atoms with Crippen molar-refractivity contribution in [1.82, 2.24) is 4.90 Å². The Labute approximate surface area is 90.7 Å². The van der Waals surface area contributed by atoms with Crippen LogP contribution in [0.4, 0.5) is 8.78 Å². The number of nitrogens with zero attached hydrogens (tertiary/aromatic N) is 1. The maximum atomic E-state index is 13.4. The van der Waals surface area contributed by atoms with Crippen LogP contribution in [0, 0.1) is 11.6 Å². The number of benzene rings is 1. The van der Waals surface area contributed by atoms with Gasteiger partial charge in [0.2, 0.25) is 0 Å². The highest BCUT2D eigenvalue weighted by atomic mass is 19.1. The topological polar surface area (TPSA) is 37.4 Å². The van der Waals surface area contributed by atoms with E-state index in [1.807, 2.05) is 0 Å². The summed E-state index contributed by atoms with van der Waals surface area (Å²) in [6.45, 7) is 3.22. The van der Waals surface area contributed by atoms with E-state index in [2.05, 4.69) is 0 Å². The molecule has 0 atom stereocenters. The van der Waals surface area contributed by atoms with Crippen molar-refractivity contribution in [2.45, 2.75) is 19.9 Å². The zero-order valence-corrected chi connectivity index (χ0v) is 8.75. The minimum Gasteiger partial charge on any atom is -0.272 e. The molecule has 3 nitrogen and oxygen atoms in total. The summed E-state index contributed by atoms with van der Waals surface area (Å²) in [6, 6.07) is 1.28. The monoisotopic (exact) mass is 225 g/mol. The first-order chi connectivity index (χ1) is 7.45. The van der Waals surface area contributed by atoms with Gasteiger partial charge in [-0.1, -0.05) is 0 Å². The second-order valence-electron chi connectivity index (χ2n) is 3.85. The van der Waals surface area contributed by atoms with Crippen LogP contribution < -0.4 is 0 Å². The van der Waals surface area contributed by atoms with Gasteiger partial charge in [0.15, 0.2) is 0 Å². The smallest absolute Gasteiger partial charge is 0.264 e. The van der Waals surface area contributed by atoms with Crippen LogP contribution in [0.2, 0.25) is 0 Å². The quantitative estimate of drug-likeness (QED) is 0.685. The molecule has 0 bridgehead atoms. The lowest BCUT2D eigenvalue weighted by atomic mass is 10.1. The summed E-state index contributed by atoms with van der Waals surface area (Å²) in [4.78, 5) is 24.3. The Morgan fingerprint density at radius 2 is 1.38 bits per heavy atom. The third-order valence-corrected chi connectivity index (χ3v) is 2.49. The SMILES string of the molecule is CC(C)N1C(=O)c2c(F)ccc(F)c2C1=O. The summed E-state index contributed by atoms with van der Waals surface area (Å²) < 4.78 is 26.7. The van der Waals surface area contributed by atoms with Gasteiger partial charge in [-0.25, -0.2) is 8.78 Å². The van der Waals surface area contributed by atoms with Crippen molar-refractivity contribution in [2.24, 2.45) is 0 Å². The van der Waals surface area contributed by atoms with Gasteiger partial charge in [0.25, 0.3) is 11.8 Å². The average Bonchev–Trinajstić information content (AvgIpc) is 2.46. The van der Waals surface area contributed by atoms with Crippen molar-refractivity contribution in [3.63, 3.8) is 0 Å². The Kier molecular flexibility index (Phi) is 2.26. The standard InChI is InChI=1S/C11H9F2NO2/c1-5(2)14-10(15)8-6(12)3-4-7(13)9(8)11(14)16/h3-5H,1-2H3. The highest BCUT2D eigenvalue weighted by molar-refractivity contribution is 6.21. The molecule has 0 aromatic heterocycles. The molecular formula is C11H9F2NO2. The Balaban J connectivity index is 2.68. The first kappa shape index (κ1) is 10.7. The molecule has 1 aromatic rings. The first-order valence-corrected chi connectivity index (χ1v) is 4.81. The van der Waals surface area contributed by atoms with Gasteiger partial charge in [-0.05, 0) is 26.0 Å². The third-order valence-electron chi connectivity index (χ3n) is 2.49. The number of hydrogen-bond acceptors (Lipinski definition) is 2. The molecule has 0 saturated carbocycles. The summed E-state index contributed by atoms with van der Waals surface area (Å²) in [7, 11) is 0. The minimum atomic E-state index is -0.863. The van der Waals surface area contributed by atoms with Crippen LogP contribution in [-0.4, -0.2) is 22.8 Å². The van der Waals surface area contributed by atoms with Crippen LogP contribution in [-0.2, 0) is 0 Å². The molecule has 0 spiro atoms. The maximum absolute atomic E-state index is 13.4. The normalized spacial score (nSPS) is 14.9. The lowest BCUT2D eigenvalue weighted by Gasteiger charge is -2.17. The molecule has 5 heteroatoms. The summed E-state index contributed by atoms with van der Waals surface area (Å²) in [5, 5.41) is 0. The van der Waals surface area contributed by atoms with Gasteiger partial charge >= 0.3 is 0 Å². The Bertz CT molecular complexity index is 456. The van der Waals surface area contributed by atoms with Gasteiger partial charge in [-0.2, -0.15) is 0 Å². The number of carbonyl (C=O) groups excluding carboxylic acids is 2. The largest absolute Gasteiger partial charge is 0.272 e. The molecule has 16 heavy (non-hydrogen) atoms. The Hall–Kier alpha value is -1.78. The minimum absolute atomic E-state index is 0.425. The summed E-state index contributed by atoms with van der Waals surface area (Å²) in [6.07, 6.45) is 0. The summed E-state index contributed by atoms with van der Waals surface area (Å²) >= 11 is 0. The third kappa shape index (κ3) is 1.24. The highest BCUT2D eigenvalue weighted by Crippen LogP contribution is 2.28. The number of imide groups is 1. The van der Waals surface area contributed by atoms with Crippen molar-refractivity contribution in [3.8, 4) is 0 Å². The van der Waals surface area contributed by atoms with Gasteiger partial charge in [0, 0.05) is 6.04 Å². The van der Waals surface area contributed by atoms with Crippen molar-refractivity contribution in [2.75, 3.05) is 0 Å². The zero-order chi connectivity index (χ0) is 12.0. The first-order valence-electron chi connectivity index (χ1n) is 4.81. The van der Waals surface area contributed by atoms with E-state index in [0.717, 1.165) is 17.0 Å². The molecule has 0 fully saturated rings. The van der Waals surface area contributed by atoms with Crippen molar-refractivity contribution in [1.29, 1.82) is 0 Å². The van der Waals surface area contributed by atoms with Gasteiger partial charge in [-0.3, -0.25) is 14.5 Å². The van der Waals surface area contributed by atoms with Gasteiger partial charge < -0.3 is 0 Å². The molecule has 0 radical (unpaired) electrons. The lowest BCUT2D eigenvalue weighted by Crippen LogP contribution is -2.36. The van der Waals surface area contributed by atoms with E-state index < -0.39 is 40.6 Å². The van der Waals surface area contributed by atoms with Crippen LogP contribution in [0.5, 0.6) is 0 Å². The van der Waals surface area contributed by atoms with Crippen LogP contribution in [0.25, 0.3) is 0 Å². The predicted octanol–water partition coefficient (Wildman–Crippen LogP) is 1.97. The molecule has 0 saturated heterocycles. The number of halogens is 2. The van der Waals surface area contributed by atoms with E-state index in [-0.39, 0.29) is 0 Å². The van der Waals surface area contributed by atoms with E-state index in [1.54, 1.807) is 13.8 Å². The van der Waals surface area contributed by atoms with Crippen LogP contribution in [0.3, 0.4) is 0 Å². The summed E-state index contributed by atoms with van der Waals surface area (Å²) in [5.74, 6) is -3.27. The number of carbonyl (C=O) groups is 2.